The van der Waals surface area contributed by atoms with Crippen molar-refractivity contribution < 1.29 is 9.21 Å². The third kappa shape index (κ3) is 2.79. The molecule has 1 saturated heterocycles. The van der Waals surface area contributed by atoms with E-state index in [9.17, 15) is 4.79 Å². The minimum atomic E-state index is -0.0461. The van der Waals surface area contributed by atoms with E-state index in [1.165, 1.54) is 11.3 Å². The number of benzene rings is 1. The molecule has 1 aromatic heterocycles. The number of nitrogens with one attached hydrogen (secondary N) is 1. The summed E-state index contributed by atoms with van der Waals surface area (Å²) in [6.45, 7) is 5.93. The Morgan fingerprint density at radius 2 is 2.08 bits per heavy atom. The van der Waals surface area contributed by atoms with E-state index in [2.05, 4.69) is 35.4 Å². The van der Waals surface area contributed by atoms with Gasteiger partial charge in [-0.25, -0.2) is 9.78 Å². The molecule has 0 bridgehead atoms. The second-order valence-electron chi connectivity index (χ2n) is 7.02. The lowest BCUT2D eigenvalue weighted by Crippen LogP contribution is -2.50. The van der Waals surface area contributed by atoms with Crippen LogP contribution in [0.3, 0.4) is 0 Å². The molecule has 1 spiro atoms. The van der Waals surface area contributed by atoms with Gasteiger partial charge in [-0.1, -0.05) is 25.1 Å². The van der Waals surface area contributed by atoms with Gasteiger partial charge < -0.3 is 14.6 Å². The third-order valence-corrected chi connectivity index (χ3v) is 5.62. The number of aryl methyl sites for hydroxylation is 1. The SMILES string of the molecule is CCc1ncc(CNC(=O)N2CCC3(CC2)C(C)=Nc2ccccc23)o1. The largest absolute Gasteiger partial charge is 0.444 e. The van der Waals surface area contributed by atoms with Crippen LogP contribution in [0.15, 0.2) is 39.9 Å². The summed E-state index contributed by atoms with van der Waals surface area (Å²) in [5.41, 5.74) is 3.56. The number of amides is 2. The smallest absolute Gasteiger partial charge is 0.317 e. The Hall–Kier alpha value is -2.63. The maximum Gasteiger partial charge on any atom is 0.317 e. The molecule has 2 aliphatic rings. The number of likely N-dealkylation sites (tertiary alicyclic amines) is 1. The van der Waals surface area contributed by atoms with Crippen molar-refractivity contribution in [1.82, 2.24) is 15.2 Å². The first-order valence-electron chi connectivity index (χ1n) is 9.24. The Balaban J connectivity index is 1.38. The van der Waals surface area contributed by atoms with E-state index in [0.717, 1.165) is 38.0 Å². The van der Waals surface area contributed by atoms with Gasteiger partial charge >= 0.3 is 6.03 Å². The molecule has 136 valence electrons. The van der Waals surface area contributed by atoms with Crippen LogP contribution in [0.2, 0.25) is 0 Å². The summed E-state index contributed by atoms with van der Waals surface area (Å²) in [6, 6.07) is 8.32. The first kappa shape index (κ1) is 16.8. The van der Waals surface area contributed by atoms with Crippen LogP contribution >= 0.6 is 0 Å². The average Bonchev–Trinajstić information content (AvgIpc) is 3.24. The van der Waals surface area contributed by atoms with Gasteiger partial charge in [0.05, 0.1) is 18.4 Å². The molecule has 2 amide bonds. The number of carbonyl (C=O) groups is 1. The number of carbonyl (C=O) groups excluding carboxylic acids is 1. The van der Waals surface area contributed by atoms with E-state index < -0.39 is 0 Å². The molecule has 1 N–H and O–H groups in total. The molecule has 0 atom stereocenters. The van der Waals surface area contributed by atoms with Crippen LogP contribution < -0.4 is 5.32 Å². The summed E-state index contributed by atoms with van der Waals surface area (Å²) in [7, 11) is 0. The maximum atomic E-state index is 12.5. The summed E-state index contributed by atoms with van der Waals surface area (Å²) in [5.74, 6) is 1.39. The molecule has 1 aromatic carbocycles. The van der Waals surface area contributed by atoms with Gasteiger partial charge in [0.1, 0.15) is 5.76 Å². The summed E-state index contributed by atoms with van der Waals surface area (Å²) in [6.07, 6.45) is 4.26. The van der Waals surface area contributed by atoms with Crippen molar-refractivity contribution >= 4 is 17.4 Å². The molecule has 0 radical (unpaired) electrons. The third-order valence-electron chi connectivity index (χ3n) is 5.62. The van der Waals surface area contributed by atoms with Crippen molar-refractivity contribution in [2.45, 2.75) is 45.1 Å². The summed E-state index contributed by atoms with van der Waals surface area (Å²) in [4.78, 5) is 23.3. The fourth-order valence-electron chi connectivity index (χ4n) is 4.05. The van der Waals surface area contributed by atoms with Gasteiger partial charge in [0.25, 0.3) is 0 Å². The highest BCUT2D eigenvalue weighted by molar-refractivity contribution is 6.00. The highest BCUT2D eigenvalue weighted by Gasteiger charge is 2.44. The van der Waals surface area contributed by atoms with Crippen molar-refractivity contribution in [1.29, 1.82) is 0 Å². The zero-order valence-electron chi connectivity index (χ0n) is 15.3. The molecular weight excluding hydrogens is 328 g/mol. The highest BCUT2D eigenvalue weighted by Crippen LogP contribution is 2.46. The Labute approximate surface area is 153 Å². The molecule has 2 aliphatic heterocycles. The van der Waals surface area contributed by atoms with Crippen molar-refractivity contribution in [2.24, 2.45) is 4.99 Å². The molecule has 2 aromatic rings. The second kappa shape index (κ2) is 6.59. The van der Waals surface area contributed by atoms with Gasteiger partial charge in [-0.2, -0.15) is 0 Å². The van der Waals surface area contributed by atoms with E-state index in [1.54, 1.807) is 6.20 Å². The molecular formula is C20H24N4O2. The lowest BCUT2D eigenvalue weighted by Gasteiger charge is -2.40. The van der Waals surface area contributed by atoms with Crippen molar-refractivity contribution in [3.63, 3.8) is 0 Å². The first-order chi connectivity index (χ1) is 12.6. The van der Waals surface area contributed by atoms with Gasteiger partial charge in [-0.3, -0.25) is 4.99 Å². The van der Waals surface area contributed by atoms with Gasteiger partial charge in [0.15, 0.2) is 5.89 Å². The quantitative estimate of drug-likeness (QED) is 0.918. The van der Waals surface area contributed by atoms with E-state index in [0.29, 0.717) is 18.2 Å². The average molecular weight is 352 g/mol. The van der Waals surface area contributed by atoms with Crippen LogP contribution in [-0.2, 0) is 18.4 Å². The normalized spacial score (nSPS) is 17.9. The number of nitrogens with zero attached hydrogens (tertiary/aromatic N) is 3. The standard InChI is InChI=1S/C20H24N4O2/c1-3-18-21-12-15(26-18)13-22-19(25)24-10-8-20(9-11-24)14(2)23-17-7-5-4-6-16(17)20/h4-7,12H,3,8-11,13H2,1-2H3,(H,22,25). The van der Waals surface area contributed by atoms with Gasteiger partial charge in [0, 0.05) is 30.6 Å². The number of aliphatic imine (C=N–C) groups is 1. The van der Waals surface area contributed by atoms with E-state index in [-0.39, 0.29) is 11.4 Å². The highest BCUT2D eigenvalue weighted by atomic mass is 16.4. The molecule has 26 heavy (non-hydrogen) atoms. The molecule has 1 fully saturated rings. The summed E-state index contributed by atoms with van der Waals surface area (Å²) < 4.78 is 5.54. The van der Waals surface area contributed by atoms with E-state index >= 15 is 0 Å². The molecule has 0 saturated carbocycles. The molecule has 0 unspecified atom stereocenters. The van der Waals surface area contributed by atoms with Crippen LogP contribution in [0.1, 0.15) is 43.9 Å². The zero-order valence-corrected chi connectivity index (χ0v) is 15.3. The molecule has 3 heterocycles. The monoisotopic (exact) mass is 352 g/mol. The Bertz CT molecular complexity index is 847. The van der Waals surface area contributed by atoms with Crippen LogP contribution in [0.4, 0.5) is 10.5 Å². The van der Waals surface area contributed by atoms with Crippen LogP contribution in [0, 0.1) is 0 Å². The molecule has 6 heteroatoms. The predicted molar refractivity (Wildman–Crippen MR) is 99.8 cm³/mol. The number of para-hydroxylation sites is 1. The van der Waals surface area contributed by atoms with Gasteiger partial charge in [0.2, 0.25) is 0 Å². The Morgan fingerprint density at radius 3 is 2.81 bits per heavy atom. The van der Waals surface area contributed by atoms with Crippen molar-refractivity contribution in [3.8, 4) is 0 Å². The van der Waals surface area contributed by atoms with Crippen LogP contribution in [-0.4, -0.2) is 34.7 Å². The summed E-state index contributed by atoms with van der Waals surface area (Å²) >= 11 is 0. The number of oxazole rings is 1. The van der Waals surface area contributed by atoms with Gasteiger partial charge in [-0.05, 0) is 31.4 Å². The minimum Gasteiger partial charge on any atom is -0.444 e. The van der Waals surface area contributed by atoms with Crippen LogP contribution in [0.25, 0.3) is 0 Å². The van der Waals surface area contributed by atoms with Crippen molar-refractivity contribution in [3.05, 3.63) is 47.7 Å². The second-order valence-corrected chi connectivity index (χ2v) is 7.02. The lowest BCUT2D eigenvalue weighted by molar-refractivity contribution is 0.173. The van der Waals surface area contributed by atoms with Gasteiger partial charge in [-0.15, -0.1) is 0 Å². The molecule has 4 rings (SSSR count). The van der Waals surface area contributed by atoms with E-state index in [1.807, 2.05) is 17.9 Å². The first-order valence-corrected chi connectivity index (χ1v) is 9.24. The maximum absolute atomic E-state index is 12.5. The minimum absolute atomic E-state index is 0.00562. The number of fused-ring (bicyclic) bond motifs is 2. The predicted octanol–water partition coefficient (Wildman–Crippen LogP) is 3.59. The molecule has 0 aliphatic carbocycles. The fraction of sp³-hybridized carbons (Fsp3) is 0.450. The number of aromatic nitrogens is 1. The summed E-state index contributed by atoms with van der Waals surface area (Å²) in [5, 5.41) is 2.94. The van der Waals surface area contributed by atoms with Crippen molar-refractivity contribution in [2.75, 3.05) is 13.1 Å². The molecule has 6 nitrogen and oxygen atoms in total. The number of rotatable bonds is 3. The number of hydrogen-bond acceptors (Lipinski definition) is 4. The Kier molecular flexibility index (Phi) is 4.26. The van der Waals surface area contributed by atoms with E-state index in [4.69, 9.17) is 9.41 Å². The number of piperidine rings is 1. The fourth-order valence-corrected chi connectivity index (χ4v) is 4.05. The van der Waals surface area contributed by atoms with Crippen LogP contribution in [0.5, 0.6) is 0 Å². The number of hydrogen-bond donors (Lipinski definition) is 1. The topological polar surface area (TPSA) is 70.7 Å². The Morgan fingerprint density at radius 1 is 1.31 bits per heavy atom. The zero-order chi connectivity index (χ0) is 18.1. The lowest BCUT2D eigenvalue weighted by atomic mass is 9.71. The number of urea groups is 1.